The number of carbonyl (C=O) groups is 1. The van der Waals surface area contributed by atoms with Gasteiger partial charge in [-0.25, -0.2) is 0 Å². The van der Waals surface area contributed by atoms with Gasteiger partial charge in [-0.3, -0.25) is 4.79 Å². The predicted molar refractivity (Wildman–Crippen MR) is 90.0 cm³/mol. The molecule has 134 valence electrons. The summed E-state index contributed by atoms with van der Waals surface area (Å²) in [7, 11) is -2.32. The normalized spacial score (nSPS) is 31.3. The van der Waals surface area contributed by atoms with Gasteiger partial charge in [0.05, 0.1) is 0 Å². The zero-order valence-electron chi connectivity index (χ0n) is 14.2. The van der Waals surface area contributed by atoms with E-state index in [0.717, 1.165) is 25.7 Å². The van der Waals surface area contributed by atoms with E-state index in [0.29, 0.717) is 12.3 Å². The molecule has 24 heavy (non-hydrogen) atoms. The molecule has 1 saturated carbocycles. The number of allylic oxidation sites excluding steroid dienone is 2. The lowest BCUT2D eigenvalue weighted by Crippen LogP contribution is -2.37. The Morgan fingerprint density at radius 3 is 2.88 bits per heavy atom. The fraction of sp³-hybridized carbons (Fsp3) is 0.722. The summed E-state index contributed by atoms with van der Waals surface area (Å²) in [5, 5.41) is 9.13. The molecular formula is C18H25F3O2Si. The van der Waals surface area contributed by atoms with E-state index in [-0.39, 0.29) is 23.7 Å². The maximum atomic E-state index is 12.2. The van der Waals surface area contributed by atoms with Crippen molar-refractivity contribution in [2.45, 2.75) is 58.2 Å². The lowest BCUT2D eigenvalue weighted by molar-refractivity contribution is -0.139. The number of fused-ring (bicyclic) bond motifs is 1. The Balaban J connectivity index is 2.02. The Morgan fingerprint density at radius 1 is 1.54 bits per heavy atom. The molecule has 2 rings (SSSR count). The topological polar surface area (TPSA) is 37.3 Å². The molecule has 0 saturated heterocycles. The molecule has 0 radical (unpaired) electrons. The van der Waals surface area contributed by atoms with Crippen LogP contribution in [0.4, 0.5) is 13.2 Å². The third-order valence-electron chi connectivity index (χ3n) is 5.70. The molecule has 2 aliphatic rings. The third-order valence-corrected chi connectivity index (χ3v) is 6.53. The average molecular weight is 358 g/mol. The molecule has 0 aromatic rings. The van der Waals surface area contributed by atoms with Gasteiger partial charge in [0.1, 0.15) is 0 Å². The Bertz CT molecular complexity index is 573. The molecule has 4 atom stereocenters. The van der Waals surface area contributed by atoms with Crippen LogP contribution in [0.2, 0.25) is 0 Å². The van der Waals surface area contributed by atoms with E-state index in [9.17, 15) is 18.0 Å². The highest BCUT2D eigenvalue weighted by molar-refractivity contribution is 6.48. The molecule has 0 heterocycles. The maximum Gasteiger partial charge on any atom is 0.367 e. The van der Waals surface area contributed by atoms with E-state index in [1.54, 1.807) is 0 Å². The zero-order chi connectivity index (χ0) is 18.0. The summed E-state index contributed by atoms with van der Waals surface area (Å²) in [6.45, 7) is 4.24. The fourth-order valence-electron chi connectivity index (χ4n) is 4.67. The fourth-order valence-corrected chi connectivity index (χ4v) is 5.14. The Kier molecular flexibility index (Phi) is 5.85. The van der Waals surface area contributed by atoms with Crippen LogP contribution in [0, 0.1) is 34.6 Å². The molecule has 2 aliphatic carbocycles. The molecule has 1 N–H and O–H groups in total. The summed E-state index contributed by atoms with van der Waals surface area (Å²) in [6.07, 6.45) is 6.78. The largest absolute Gasteiger partial charge is 0.481 e. The van der Waals surface area contributed by atoms with Crippen LogP contribution in [-0.4, -0.2) is 26.4 Å². The summed E-state index contributed by atoms with van der Waals surface area (Å²) >= 11 is 0. The van der Waals surface area contributed by atoms with Crippen molar-refractivity contribution in [3.63, 3.8) is 0 Å². The van der Waals surface area contributed by atoms with E-state index < -0.39 is 21.3 Å². The van der Waals surface area contributed by atoms with Gasteiger partial charge in [-0.1, -0.05) is 31.9 Å². The van der Waals surface area contributed by atoms with Crippen LogP contribution in [-0.2, 0) is 4.79 Å². The van der Waals surface area contributed by atoms with Crippen molar-refractivity contribution in [3.8, 4) is 11.5 Å². The van der Waals surface area contributed by atoms with Gasteiger partial charge in [-0.15, -0.1) is 11.5 Å². The quantitative estimate of drug-likeness (QED) is 0.470. The van der Waals surface area contributed by atoms with Crippen molar-refractivity contribution in [1.29, 1.82) is 0 Å². The Morgan fingerprint density at radius 2 is 2.25 bits per heavy atom. The summed E-state index contributed by atoms with van der Waals surface area (Å²) in [6, 6.07) is 0. The highest BCUT2D eigenvalue weighted by atomic mass is 28.2. The van der Waals surface area contributed by atoms with Gasteiger partial charge < -0.3 is 5.11 Å². The van der Waals surface area contributed by atoms with Gasteiger partial charge in [-0.05, 0) is 42.4 Å². The van der Waals surface area contributed by atoms with E-state index in [2.05, 4.69) is 24.5 Å². The number of halogens is 3. The van der Waals surface area contributed by atoms with E-state index in [1.807, 2.05) is 6.92 Å². The lowest BCUT2D eigenvalue weighted by Gasteiger charge is -2.45. The molecule has 0 aliphatic heterocycles. The highest BCUT2D eigenvalue weighted by Gasteiger charge is 2.48. The maximum absolute atomic E-state index is 12.2. The standard InChI is InChI=1S/C18H25F3O2Si/c1-12(5-4-10-24-18(19,20)21)14-7-8-15-13(11-16(22)23)6-3-9-17(14,15)2/h7,12-13,15H,3,5-6,8-9,11,24H2,1-2H3,(H,22,23). The van der Waals surface area contributed by atoms with E-state index in [1.165, 1.54) is 5.57 Å². The first kappa shape index (κ1) is 19.1. The molecule has 4 unspecified atom stereocenters. The SMILES string of the molecule is CC(CC#C[SiH2]C(F)(F)F)C1=CCC2C(CC(=O)O)CCCC12C. The molecule has 2 nitrogen and oxygen atoms in total. The van der Waals surface area contributed by atoms with Crippen LogP contribution >= 0.6 is 0 Å². The van der Waals surface area contributed by atoms with Crippen molar-refractivity contribution >= 4 is 15.5 Å². The van der Waals surface area contributed by atoms with E-state index >= 15 is 0 Å². The van der Waals surface area contributed by atoms with E-state index in [4.69, 9.17) is 5.11 Å². The van der Waals surface area contributed by atoms with Gasteiger partial charge in [0, 0.05) is 12.8 Å². The molecule has 0 amide bonds. The molecule has 0 spiro atoms. The number of aliphatic carboxylic acids is 1. The molecule has 6 heteroatoms. The van der Waals surface area contributed by atoms with Crippen molar-refractivity contribution in [2.24, 2.45) is 23.2 Å². The minimum Gasteiger partial charge on any atom is -0.481 e. The summed E-state index contributed by atoms with van der Waals surface area (Å²) in [5.74, 6) is -1.42. The van der Waals surface area contributed by atoms with Crippen molar-refractivity contribution in [1.82, 2.24) is 0 Å². The second kappa shape index (κ2) is 7.34. The molecule has 0 aromatic carbocycles. The number of hydrogen-bond acceptors (Lipinski definition) is 1. The van der Waals surface area contributed by atoms with Gasteiger partial charge >= 0.3 is 11.8 Å². The number of rotatable bonds is 4. The van der Waals surface area contributed by atoms with Crippen LogP contribution in [0.15, 0.2) is 11.6 Å². The number of carboxylic acid groups (broad SMARTS) is 1. The first-order valence-electron chi connectivity index (χ1n) is 8.58. The summed E-state index contributed by atoms with van der Waals surface area (Å²) in [5.41, 5.74) is 3.63. The second-order valence-corrected chi connectivity index (χ2v) is 8.93. The number of alkyl halides is 3. The second-order valence-electron chi connectivity index (χ2n) is 7.42. The monoisotopic (exact) mass is 358 g/mol. The minimum absolute atomic E-state index is 0.0130. The summed E-state index contributed by atoms with van der Waals surface area (Å²) < 4.78 is 36.6. The Labute approximate surface area is 143 Å². The Hall–Kier alpha value is -1.22. The van der Waals surface area contributed by atoms with Crippen LogP contribution in [0.5, 0.6) is 0 Å². The van der Waals surface area contributed by atoms with Gasteiger partial charge in [0.2, 0.25) is 9.52 Å². The predicted octanol–water partition coefficient (Wildman–Crippen LogP) is 3.89. The molecule has 0 bridgehead atoms. The van der Waals surface area contributed by atoms with Gasteiger partial charge in [-0.2, -0.15) is 13.2 Å². The average Bonchev–Trinajstić information content (AvgIpc) is 2.80. The van der Waals surface area contributed by atoms with Gasteiger partial charge in [0.25, 0.3) is 0 Å². The first-order chi connectivity index (χ1) is 11.1. The zero-order valence-corrected chi connectivity index (χ0v) is 15.7. The molecular weight excluding hydrogens is 333 g/mol. The lowest BCUT2D eigenvalue weighted by atomic mass is 9.59. The van der Waals surface area contributed by atoms with Crippen LogP contribution in [0.1, 0.15) is 52.4 Å². The van der Waals surface area contributed by atoms with Crippen LogP contribution in [0.25, 0.3) is 0 Å². The van der Waals surface area contributed by atoms with Crippen molar-refractivity contribution in [3.05, 3.63) is 11.6 Å². The van der Waals surface area contributed by atoms with Crippen LogP contribution in [0.3, 0.4) is 0 Å². The van der Waals surface area contributed by atoms with Crippen LogP contribution < -0.4 is 0 Å². The number of carboxylic acids is 1. The molecule has 1 fully saturated rings. The minimum atomic E-state index is -4.09. The third kappa shape index (κ3) is 4.44. The molecule has 0 aromatic heterocycles. The van der Waals surface area contributed by atoms with Gasteiger partial charge in [0.15, 0.2) is 0 Å². The number of hydrogen-bond donors (Lipinski definition) is 1. The smallest absolute Gasteiger partial charge is 0.367 e. The highest BCUT2D eigenvalue weighted by Crippen LogP contribution is 2.57. The summed E-state index contributed by atoms with van der Waals surface area (Å²) in [4.78, 5) is 11.1. The first-order valence-corrected chi connectivity index (χ1v) is 9.99. The van der Waals surface area contributed by atoms with Crippen molar-refractivity contribution in [2.75, 3.05) is 0 Å². The van der Waals surface area contributed by atoms with Crippen molar-refractivity contribution < 1.29 is 23.1 Å².